The molecule has 0 atom stereocenters. The summed E-state index contributed by atoms with van der Waals surface area (Å²) in [7, 11) is 0. The van der Waals surface area contributed by atoms with Gasteiger partial charge in [-0.15, -0.1) is 0 Å². The number of nitrogens with one attached hydrogen (secondary N) is 1. The number of anilines is 1. The standard InChI is InChI=1S/C25H21Cl3N2O3/c1-13(2)9-21-24(29-22(32)12-31)19-11-18(14-3-5-15(26)6-4-14)23(30-25(19)33-21)17-8-7-16(27)10-20(17)28/h3-8,10-11,13,31H,9,12H2,1-2H3,(H,29,32). The van der Waals surface area contributed by atoms with Gasteiger partial charge in [-0.2, -0.15) is 0 Å². The normalized spacial score (nSPS) is 11.4. The molecule has 170 valence electrons. The van der Waals surface area contributed by atoms with Crippen molar-refractivity contribution in [2.24, 2.45) is 5.92 Å². The summed E-state index contributed by atoms with van der Waals surface area (Å²) in [6.07, 6.45) is 0.588. The van der Waals surface area contributed by atoms with Crippen LogP contribution in [0.3, 0.4) is 0 Å². The van der Waals surface area contributed by atoms with E-state index in [0.29, 0.717) is 55.3 Å². The van der Waals surface area contributed by atoms with Crippen molar-refractivity contribution >= 4 is 57.5 Å². The summed E-state index contributed by atoms with van der Waals surface area (Å²) in [6, 6.07) is 14.5. The van der Waals surface area contributed by atoms with Crippen molar-refractivity contribution in [3.8, 4) is 22.4 Å². The molecular weight excluding hydrogens is 483 g/mol. The molecule has 33 heavy (non-hydrogen) atoms. The van der Waals surface area contributed by atoms with Crippen LogP contribution in [0.4, 0.5) is 5.69 Å². The molecule has 2 aromatic heterocycles. The lowest BCUT2D eigenvalue weighted by Gasteiger charge is -2.12. The molecule has 2 aromatic carbocycles. The second-order valence-electron chi connectivity index (χ2n) is 8.07. The van der Waals surface area contributed by atoms with Crippen LogP contribution in [0.15, 0.2) is 52.9 Å². The highest BCUT2D eigenvalue weighted by molar-refractivity contribution is 6.36. The molecule has 0 bridgehead atoms. The Morgan fingerprint density at radius 2 is 1.73 bits per heavy atom. The number of halogens is 3. The first kappa shape index (κ1) is 23.6. The van der Waals surface area contributed by atoms with Gasteiger partial charge >= 0.3 is 0 Å². The summed E-state index contributed by atoms with van der Waals surface area (Å²) in [5, 5.41) is 14.3. The average Bonchev–Trinajstić information content (AvgIpc) is 3.08. The number of aliphatic hydroxyl groups is 1. The van der Waals surface area contributed by atoms with Gasteiger partial charge in [0.25, 0.3) is 0 Å². The Hall–Kier alpha value is -2.57. The molecule has 8 heteroatoms. The van der Waals surface area contributed by atoms with Gasteiger partial charge in [-0.25, -0.2) is 4.98 Å². The summed E-state index contributed by atoms with van der Waals surface area (Å²) < 4.78 is 6.09. The van der Waals surface area contributed by atoms with Crippen molar-refractivity contribution in [2.45, 2.75) is 20.3 Å². The zero-order chi connectivity index (χ0) is 23.7. The van der Waals surface area contributed by atoms with Gasteiger partial charge in [0.2, 0.25) is 11.6 Å². The number of hydrogen-bond acceptors (Lipinski definition) is 4. The number of carbonyl (C=O) groups is 1. The quantitative estimate of drug-likeness (QED) is 0.290. The number of aromatic nitrogens is 1. The van der Waals surface area contributed by atoms with Gasteiger partial charge < -0.3 is 14.8 Å². The monoisotopic (exact) mass is 502 g/mol. The fourth-order valence-electron chi connectivity index (χ4n) is 3.64. The van der Waals surface area contributed by atoms with Crippen LogP contribution >= 0.6 is 34.8 Å². The fraction of sp³-hybridized carbons (Fsp3) is 0.200. The number of pyridine rings is 1. The lowest BCUT2D eigenvalue weighted by atomic mass is 9.97. The number of amides is 1. The molecule has 0 aliphatic carbocycles. The van der Waals surface area contributed by atoms with Gasteiger partial charge in [0.15, 0.2) is 0 Å². The summed E-state index contributed by atoms with van der Waals surface area (Å²) >= 11 is 18.7. The predicted octanol–water partition coefficient (Wildman–Crippen LogP) is 7.25. The summed E-state index contributed by atoms with van der Waals surface area (Å²) in [5.74, 6) is 0.340. The van der Waals surface area contributed by atoms with E-state index in [-0.39, 0.29) is 5.92 Å². The molecule has 2 heterocycles. The van der Waals surface area contributed by atoms with E-state index in [1.165, 1.54) is 0 Å². The number of aliphatic hydroxyl groups excluding tert-OH is 1. The Morgan fingerprint density at radius 3 is 2.36 bits per heavy atom. The van der Waals surface area contributed by atoms with Gasteiger partial charge in [0, 0.05) is 27.6 Å². The largest absolute Gasteiger partial charge is 0.440 e. The van der Waals surface area contributed by atoms with E-state index < -0.39 is 12.5 Å². The number of rotatable bonds is 6. The van der Waals surface area contributed by atoms with E-state index in [1.807, 2.05) is 24.3 Å². The van der Waals surface area contributed by atoms with Crippen molar-refractivity contribution in [1.29, 1.82) is 0 Å². The van der Waals surface area contributed by atoms with E-state index in [9.17, 15) is 9.90 Å². The van der Waals surface area contributed by atoms with Crippen LogP contribution in [-0.2, 0) is 11.2 Å². The highest BCUT2D eigenvalue weighted by atomic mass is 35.5. The number of benzene rings is 2. The van der Waals surface area contributed by atoms with Crippen molar-refractivity contribution in [3.63, 3.8) is 0 Å². The fourth-order valence-corrected chi connectivity index (χ4v) is 4.26. The van der Waals surface area contributed by atoms with Crippen LogP contribution in [0.5, 0.6) is 0 Å². The molecule has 4 aromatic rings. The number of furan rings is 1. The van der Waals surface area contributed by atoms with Crippen LogP contribution in [-0.4, -0.2) is 22.6 Å². The molecule has 0 fully saturated rings. The van der Waals surface area contributed by atoms with Crippen molar-refractivity contribution in [3.05, 3.63) is 69.4 Å². The Kier molecular flexibility index (Phi) is 6.96. The molecule has 5 nitrogen and oxygen atoms in total. The first-order valence-corrected chi connectivity index (χ1v) is 11.5. The Labute approximate surface area is 206 Å². The molecule has 1 amide bonds. The van der Waals surface area contributed by atoms with E-state index in [0.717, 1.165) is 11.1 Å². The molecule has 0 radical (unpaired) electrons. The Morgan fingerprint density at radius 1 is 1.03 bits per heavy atom. The maximum Gasteiger partial charge on any atom is 0.250 e. The van der Waals surface area contributed by atoms with Gasteiger partial charge in [-0.05, 0) is 47.9 Å². The van der Waals surface area contributed by atoms with Crippen LogP contribution in [0.25, 0.3) is 33.5 Å². The van der Waals surface area contributed by atoms with Crippen LogP contribution in [0.2, 0.25) is 15.1 Å². The highest BCUT2D eigenvalue weighted by Crippen LogP contribution is 2.41. The van der Waals surface area contributed by atoms with E-state index in [1.54, 1.807) is 24.3 Å². The maximum absolute atomic E-state index is 12.1. The molecule has 2 N–H and O–H groups in total. The van der Waals surface area contributed by atoms with Crippen molar-refractivity contribution in [1.82, 2.24) is 4.98 Å². The van der Waals surface area contributed by atoms with E-state index in [4.69, 9.17) is 44.2 Å². The second-order valence-corrected chi connectivity index (χ2v) is 9.35. The maximum atomic E-state index is 12.1. The third kappa shape index (κ3) is 5.02. The minimum absolute atomic E-state index is 0.274. The van der Waals surface area contributed by atoms with Crippen molar-refractivity contribution < 1.29 is 14.3 Å². The lowest BCUT2D eigenvalue weighted by molar-refractivity contribution is -0.118. The van der Waals surface area contributed by atoms with Gasteiger partial charge in [-0.1, -0.05) is 60.8 Å². The number of nitrogens with zero attached hydrogens (tertiary/aromatic N) is 1. The average molecular weight is 504 g/mol. The van der Waals surface area contributed by atoms with Gasteiger partial charge in [0.05, 0.1) is 21.8 Å². The predicted molar refractivity (Wildman–Crippen MR) is 134 cm³/mol. The van der Waals surface area contributed by atoms with Crippen molar-refractivity contribution in [2.75, 3.05) is 11.9 Å². The Balaban J connectivity index is 2.02. The molecule has 0 aliphatic rings. The van der Waals surface area contributed by atoms with E-state index >= 15 is 0 Å². The second kappa shape index (κ2) is 9.74. The number of fused-ring (bicyclic) bond motifs is 1. The third-order valence-corrected chi connectivity index (χ3v) is 5.90. The first-order valence-electron chi connectivity index (χ1n) is 10.3. The lowest BCUT2D eigenvalue weighted by Crippen LogP contribution is -2.16. The van der Waals surface area contributed by atoms with Gasteiger partial charge in [0.1, 0.15) is 12.4 Å². The SMILES string of the molecule is CC(C)Cc1oc2nc(-c3ccc(Cl)cc3Cl)c(-c3ccc(Cl)cc3)cc2c1NC(=O)CO. The number of carbonyl (C=O) groups excluding carboxylic acids is 1. The van der Waals surface area contributed by atoms with Crippen LogP contribution in [0.1, 0.15) is 19.6 Å². The molecule has 0 unspecified atom stereocenters. The van der Waals surface area contributed by atoms with Crippen LogP contribution in [0, 0.1) is 5.92 Å². The van der Waals surface area contributed by atoms with Gasteiger partial charge in [-0.3, -0.25) is 4.79 Å². The minimum Gasteiger partial charge on any atom is -0.440 e. The highest BCUT2D eigenvalue weighted by Gasteiger charge is 2.22. The van der Waals surface area contributed by atoms with E-state index in [2.05, 4.69) is 19.2 Å². The Bertz CT molecular complexity index is 1330. The molecule has 4 rings (SSSR count). The molecule has 0 spiro atoms. The smallest absolute Gasteiger partial charge is 0.250 e. The molecule has 0 saturated heterocycles. The summed E-state index contributed by atoms with van der Waals surface area (Å²) in [5.41, 5.74) is 3.81. The molecule has 0 aliphatic heterocycles. The molecular formula is C25H21Cl3N2O3. The zero-order valence-electron chi connectivity index (χ0n) is 18.0. The third-order valence-electron chi connectivity index (χ3n) is 5.10. The number of hydrogen-bond donors (Lipinski definition) is 2. The summed E-state index contributed by atoms with van der Waals surface area (Å²) in [6.45, 7) is 3.47. The first-order chi connectivity index (χ1) is 15.8. The molecule has 0 saturated carbocycles. The minimum atomic E-state index is -0.635. The summed E-state index contributed by atoms with van der Waals surface area (Å²) in [4.78, 5) is 16.9. The zero-order valence-corrected chi connectivity index (χ0v) is 20.2. The van der Waals surface area contributed by atoms with Crippen LogP contribution < -0.4 is 5.32 Å². The topological polar surface area (TPSA) is 75.4 Å².